The molecule has 4 nitrogen and oxygen atoms in total. The van der Waals surface area contributed by atoms with Crippen LogP contribution in [0.3, 0.4) is 0 Å². The zero-order chi connectivity index (χ0) is 14.0. The third-order valence-corrected chi connectivity index (χ3v) is 4.31. The molecule has 1 saturated carbocycles. The highest BCUT2D eigenvalue weighted by Gasteiger charge is 2.43. The highest BCUT2D eigenvalue weighted by molar-refractivity contribution is 6.31. The average Bonchev–Trinajstić information content (AvgIpc) is 2.96. The third-order valence-electron chi connectivity index (χ3n) is 4.02. The molecule has 0 amide bonds. The Morgan fingerprint density at radius 3 is 2.63 bits per heavy atom. The molecule has 0 aliphatic heterocycles. The zero-order valence-corrected chi connectivity index (χ0v) is 12.8. The van der Waals surface area contributed by atoms with Crippen molar-refractivity contribution in [2.45, 2.75) is 64.1 Å². The quantitative estimate of drug-likeness (QED) is 0.901. The molecule has 1 aliphatic rings. The van der Waals surface area contributed by atoms with Crippen molar-refractivity contribution in [2.24, 2.45) is 5.73 Å². The summed E-state index contributed by atoms with van der Waals surface area (Å²) in [5.74, 6) is 0. The first-order valence-electron chi connectivity index (χ1n) is 7.14. The number of nitrogens with zero attached hydrogens (tertiary/aromatic N) is 2. The summed E-state index contributed by atoms with van der Waals surface area (Å²) in [5, 5.41) is 4.99. The maximum Gasteiger partial charge on any atom is 0.0889 e. The summed E-state index contributed by atoms with van der Waals surface area (Å²) in [4.78, 5) is 0. The smallest absolute Gasteiger partial charge is 0.0889 e. The van der Waals surface area contributed by atoms with Crippen molar-refractivity contribution in [1.29, 1.82) is 0 Å². The van der Waals surface area contributed by atoms with E-state index in [1.807, 2.05) is 11.6 Å². The van der Waals surface area contributed by atoms with E-state index in [4.69, 9.17) is 22.1 Å². The van der Waals surface area contributed by atoms with Gasteiger partial charge in [-0.15, -0.1) is 0 Å². The van der Waals surface area contributed by atoms with Gasteiger partial charge in [-0.1, -0.05) is 24.4 Å². The van der Waals surface area contributed by atoms with Gasteiger partial charge >= 0.3 is 0 Å². The Labute approximate surface area is 120 Å². The van der Waals surface area contributed by atoms with Gasteiger partial charge in [0, 0.05) is 12.6 Å². The summed E-state index contributed by atoms with van der Waals surface area (Å²) in [6.07, 6.45) is 6.02. The van der Waals surface area contributed by atoms with E-state index in [-0.39, 0.29) is 17.7 Å². The lowest BCUT2D eigenvalue weighted by molar-refractivity contribution is -0.0555. The van der Waals surface area contributed by atoms with Crippen molar-refractivity contribution < 1.29 is 4.74 Å². The van der Waals surface area contributed by atoms with Crippen LogP contribution in [0.5, 0.6) is 0 Å². The highest BCUT2D eigenvalue weighted by atomic mass is 35.5. The van der Waals surface area contributed by atoms with E-state index in [1.165, 1.54) is 12.8 Å². The summed E-state index contributed by atoms with van der Waals surface area (Å²) in [7, 11) is 0. The summed E-state index contributed by atoms with van der Waals surface area (Å²) >= 11 is 6.31. The molecule has 108 valence electrons. The normalized spacial score (nSPS) is 20.1. The van der Waals surface area contributed by atoms with Gasteiger partial charge in [-0.25, -0.2) is 0 Å². The van der Waals surface area contributed by atoms with Crippen molar-refractivity contribution in [2.75, 3.05) is 6.61 Å². The topological polar surface area (TPSA) is 53.1 Å². The van der Waals surface area contributed by atoms with Crippen LogP contribution >= 0.6 is 11.6 Å². The summed E-state index contributed by atoms with van der Waals surface area (Å²) in [5.41, 5.74) is 7.17. The second kappa shape index (κ2) is 5.81. The molecule has 1 aliphatic carbocycles. The van der Waals surface area contributed by atoms with Crippen molar-refractivity contribution in [1.82, 2.24) is 9.78 Å². The van der Waals surface area contributed by atoms with Crippen LogP contribution in [0.2, 0.25) is 5.02 Å². The number of rotatable bonds is 5. The molecule has 2 N–H and O–H groups in total. The van der Waals surface area contributed by atoms with Gasteiger partial charge < -0.3 is 10.5 Å². The van der Waals surface area contributed by atoms with Gasteiger partial charge in [-0.2, -0.15) is 5.10 Å². The number of ether oxygens (including phenoxy) is 1. The zero-order valence-electron chi connectivity index (χ0n) is 12.0. The molecular weight excluding hydrogens is 262 g/mol. The minimum absolute atomic E-state index is 0.215. The van der Waals surface area contributed by atoms with E-state index in [1.54, 1.807) is 6.20 Å². The molecule has 0 radical (unpaired) electrons. The van der Waals surface area contributed by atoms with Crippen molar-refractivity contribution in [3.05, 3.63) is 16.9 Å². The van der Waals surface area contributed by atoms with Crippen molar-refractivity contribution in [3.8, 4) is 0 Å². The van der Waals surface area contributed by atoms with Crippen LogP contribution < -0.4 is 5.73 Å². The van der Waals surface area contributed by atoms with Gasteiger partial charge in [0.05, 0.1) is 28.6 Å². The van der Waals surface area contributed by atoms with E-state index in [0.717, 1.165) is 18.5 Å². The lowest BCUT2D eigenvalue weighted by atomic mass is 9.90. The highest BCUT2D eigenvalue weighted by Crippen LogP contribution is 2.43. The molecular formula is C14H24ClN3O. The van der Waals surface area contributed by atoms with Crippen LogP contribution in [-0.4, -0.2) is 22.0 Å². The van der Waals surface area contributed by atoms with Crippen molar-refractivity contribution in [3.63, 3.8) is 0 Å². The molecule has 19 heavy (non-hydrogen) atoms. The minimum Gasteiger partial charge on any atom is -0.373 e. The van der Waals surface area contributed by atoms with Gasteiger partial charge in [-0.05, 0) is 33.6 Å². The standard InChI is InChI=1S/C14H24ClN3O/c1-4-19-14(7-5-6-8-14)13(16)12-11(15)9-17-18(12)10(2)3/h9-10,13H,4-8,16H2,1-3H3. The Balaban J connectivity index is 2.36. The first-order valence-corrected chi connectivity index (χ1v) is 7.52. The Kier molecular flexibility index (Phi) is 4.54. The number of hydrogen-bond acceptors (Lipinski definition) is 3. The Morgan fingerprint density at radius 1 is 1.47 bits per heavy atom. The molecule has 0 aromatic carbocycles. The van der Waals surface area contributed by atoms with Gasteiger partial charge in [-0.3, -0.25) is 4.68 Å². The Bertz CT molecular complexity index is 424. The lowest BCUT2D eigenvalue weighted by Crippen LogP contribution is -2.42. The van der Waals surface area contributed by atoms with Gasteiger partial charge in [0.15, 0.2) is 0 Å². The van der Waals surface area contributed by atoms with Crippen LogP contribution in [0, 0.1) is 0 Å². The van der Waals surface area contributed by atoms with Crippen molar-refractivity contribution >= 4 is 11.6 Å². The van der Waals surface area contributed by atoms with Gasteiger partial charge in [0.1, 0.15) is 0 Å². The Hall–Kier alpha value is -0.580. The maximum absolute atomic E-state index is 6.53. The predicted octanol–water partition coefficient (Wildman–Crippen LogP) is 3.47. The molecule has 1 unspecified atom stereocenters. The molecule has 1 aromatic rings. The average molecular weight is 286 g/mol. The van der Waals surface area contributed by atoms with E-state index >= 15 is 0 Å². The summed E-state index contributed by atoms with van der Waals surface area (Å²) in [6.45, 7) is 6.87. The third kappa shape index (κ3) is 2.67. The molecule has 1 heterocycles. The monoisotopic (exact) mass is 285 g/mol. The van der Waals surface area contributed by atoms with E-state index in [2.05, 4.69) is 18.9 Å². The predicted molar refractivity (Wildman–Crippen MR) is 77.4 cm³/mol. The SMILES string of the molecule is CCOC1(C(N)c2c(Cl)cnn2C(C)C)CCCC1. The van der Waals surface area contributed by atoms with E-state index in [9.17, 15) is 0 Å². The molecule has 1 aromatic heterocycles. The molecule has 5 heteroatoms. The first kappa shape index (κ1) is 14.8. The number of nitrogens with two attached hydrogens (primary N) is 1. The first-order chi connectivity index (χ1) is 9.02. The van der Waals surface area contributed by atoms with Gasteiger partial charge in [0.2, 0.25) is 0 Å². The number of hydrogen-bond donors (Lipinski definition) is 1. The van der Waals surface area contributed by atoms with Crippen LogP contribution in [0.4, 0.5) is 0 Å². The van der Waals surface area contributed by atoms with Crippen LogP contribution in [0.1, 0.15) is 64.2 Å². The molecule has 2 rings (SSSR count). The van der Waals surface area contributed by atoms with Gasteiger partial charge in [0.25, 0.3) is 0 Å². The minimum atomic E-state index is -0.273. The fourth-order valence-electron chi connectivity index (χ4n) is 3.11. The second-order valence-corrected chi connectivity index (χ2v) is 6.01. The lowest BCUT2D eigenvalue weighted by Gasteiger charge is -2.35. The second-order valence-electron chi connectivity index (χ2n) is 5.60. The Morgan fingerprint density at radius 2 is 2.11 bits per heavy atom. The molecule has 0 spiro atoms. The van der Waals surface area contributed by atoms with E-state index < -0.39 is 0 Å². The molecule has 1 atom stereocenters. The van der Waals surface area contributed by atoms with Crippen LogP contribution in [0.25, 0.3) is 0 Å². The van der Waals surface area contributed by atoms with Crippen LogP contribution in [0.15, 0.2) is 6.20 Å². The fourth-order valence-corrected chi connectivity index (χ4v) is 3.36. The van der Waals surface area contributed by atoms with E-state index in [0.29, 0.717) is 11.6 Å². The summed E-state index contributed by atoms with van der Waals surface area (Å²) in [6, 6.07) is 0.0287. The maximum atomic E-state index is 6.53. The molecule has 0 saturated heterocycles. The van der Waals surface area contributed by atoms with Crippen LogP contribution in [-0.2, 0) is 4.74 Å². The largest absolute Gasteiger partial charge is 0.373 e. The fraction of sp³-hybridized carbons (Fsp3) is 0.786. The number of halogens is 1. The number of aromatic nitrogens is 2. The summed E-state index contributed by atoms with van der Waals surface area (Å²) < 4.78 is 7.96. The molecule has 1 fully saturated rings. The molecule has 0 bridgehead atoms.